The highest BCUT2D eigenvalue weighted by atomic mass is 79.9. The SMILES string of the molecule is Cc1cc(C)c(CNC(=O)CCNC(=O)c2ccc(Br)cc2)c(=O)[nH]1. The second-order valence-corrected chi connectivity index (χ2v) is 6.65. The summed E-state index contributed by atoms with van der Waals surface area (Å²) in [5, 5.41) is 5.40. The predicted octanol–water partition coefficient (Wildman–Crippen LogP) is 2.19. The maximum atomic E-state index is 11.9. The second kappa shape index (κ2) is 8.62. The highest BCUT2D eigenvalue weighted by molar-refractivity contribution is 9.10. The maximum absolute atomic E-state index is 11.9. The predicted molar refractivity (Wildman–Crippen MR) is 99.5 cm³/mol. The Labute approximate surface area is 154 Å². The van der Waals surface area contributed by atoms with E-state index in [1.807, 2.05) is 19.9 Å². The van der Waals surface area contributed by atoms with E-state index in [9.17, 15) is 14.4 Å². The van der Waals surface area contributed by atoms with E-state index in [1.165, 1.54) is 0 Å². The van der Waals surface area contributed by atoms with Crippen LogP contribution in [-0.4, -0.2) is 23.3 Å². The molecule has 25 heavy (non-hydrogen) atoms. The van der Waals surface area contributed by atoms with Crippen molar-refractivity contribution in [1.29, 1.82) is 0 Å². The first-order valence-electron chi connectivity index (χ1n) is 7.86. The van der Waals surface area contributed by atoms with Crippen molar-refractivity contribution in [2.24, 2.45) is 0 Å². The Kier molecular flexibility index (Phi) is 6.52. The topological polar surface area (TPSA) is 91.1 Å². The molecule has 0 aliphatic rings. The van der Waals surface area contributed by atoms with Gasteiger partial charge in [0.15, 0.2) is 0 Å². The molecule has 0 fully saturated rings. The molecule has 2 aromatic rings. The van der Waals surface area contributed by atoms with Crippen LogP contribution < -0.4 is 16.2 Å². The third-order valence-electron chi connectivity index (χ3n) is 3.70. The van der Waals surface area contributed by atoms with Gasteiger partial charge >= 0.3 is 0 Å². The van der Waals surface area contributed by atoms with Gasteiger partial charge in [0.1, 0.15) is 0 Å². The second-order valence-electron chi connectivity index (χ2n) is 5.73. The summed E-state index contributed by atoms with van der Waals surface area (Å²) in [6, 6.07) is 8.82. The molecule has 0 radical (unpaired) electrons. The first-order valence-corrected chi connectivity index (χ1v) is 8.66. The molecule has 3 N–H and O–H groups in total. The molecule has 0 bridgehead atoms. The summed E-state index contributed by atoms with van der Waals surface area (Å²) < 4.78 is 0.893. The van der Waals surface area contributed by atoms with E-state index in [2.05, 4.69) is 31.5 Å². The smallest absolute Gasteiger partial charge is 0.253 e. The average Bonchev–Trinajstić information content (AvgIpc) is 2.54. The lowest BCUT2D eigenvalue weighted by molar-refractivity contribution is -0.121. The van der Waals surface area contributed by atoms with E-state index in [0.717, 1.165) is 15.7 Å². The summed E-state index contributed by atoms with van der Waals surface area (Å²) in [7, 11) is 0. The summed E-state index contributed by atoms with van der Waals surface area (Å²) in [6.45, 7) is 4.04. The molecular weight excluding hydrogens is 386 g/mol. The van der Waals surface area contributed by atoms with Gasteiger partial charge in [-0.05, 0) is 49.7 Å². The third kappa shape index (κ3) is 5.56. The molecule has 7 heteroatoms. The number of carbonyl (C=O) groups is 2. The number of nitrogens with one attached hydrogen (secondary N) is 3. The number of carbonyl (C=O) groups excluding carboxylic acids is 2. The monoisotopic (exact) mass is 405 g/mol. The van der Waals surface area contributed by atoms with Crippen LogP contribution in [0.15, 0.2) is 39.6 Å². The van der Waals surface area contributed by atoms with E-state index in [0.29, 0.717) is 11.1 Å². The molecule has 6 nitrogen and oxygen atoms in total. The molecule has 132 valence electrons. The minimum Gasteiger partial charge on any atom is -0.352 e. The number of aromatic amines is 1. The molecule has 0 atom stereocenters. The van der Waals surface area contributed by atoms with Crippen LogP contribution in [0.4, 0.5) is 0 Å². The third-order valence-corrected chi connectivity index (χ3v) is 4.23. The van der Waals surface area contributed by atoms with E-state index in [4.69, 9.17) is 0 Å². The molecule has 0 saturated heterocycles. The van der Waals surface area contributed by atoms with Crippen molar-refractivity contribution < 1.29 is 9.59 Å². The lowest BCUT2D eigenvalue weighted by Crippen LogP contribution is -2.32. The van der Waals surface area contributed by atoms with Crippen LogP contribution in [0.5, 0.6) is 0 Å². The van der Waals surface area contributed by atoms with Crippen molar-refractivity contribution in [2.75, 3.05) is 6.54 Å². The van der Waals surface area contributed by atoms with Crippen LogP contribution >= 0.6 is 15.9 Å². The fourth-order valence-electron chi connectivity index (χ4n) is 2.37. The van der Waals surface area contributed by atoms with Gasteiger partial charge in [-0.25, -0.2) is 0 Å². The highest BCUT2D eigenvalue weighted by Gasteiger charge is 2.09. The summed E-state index contributed by atoms with van der Waals surface area (Å²) in [5.74, 6) is -0.457. The summed E-state index contributed by atoms with van der Waals surface area (Å²) in [4.78, 5) is 38.4. The van der Waals surface area contributed by atoms with Gasteiger partial charge in [-0.15, -0.1) is 0 Å². The summed E-state index contributed by atoms with van der Waals surface area (Å²) in [5.41, 5.74) is 2.50. The van der Waals surface area contributed by atoms with Gasteiger partial charge in [0, 0.05) is 40.8 Å². The number of rotatable bonds is 6. The Morgan fingerprint density at radius 2 is 1.80 bits per heavy atom. The van der Waals surface area contributed by atoms with Gasteiger partial charge < -0.3 is 15.6 Å². The summed E-state index contributed by atoms with van der Waals surface area (Å²) in [6.07, 6.45) is 0.144. The Hall–Kier alpha value is -2.41. The zero-order chi connectivity index (χ0) is 18.4. The molecular formula is C18H20BrN3O3. The fraction of sp³-hybridized carbons (Fsp3) is 0.278. The Morgan fingerprint density at radius 3 is 2.44 bits per heavy atom. The van der Waals surface area contributed by atoms with Gasteiger partial charge in [-0.3, -0.25) is 14.4 Å². The lowest BCUT2D eigenvalue weighted by atomic mass is 10.1. The fourth-order valence-corrected chi connectivity index (χ4v) is 2.63. The number of amides is 2. The number of aromatic nitrogens is 1. The van der Waals surface area contributed by atoms with Gasteiger partial charge in [-0.2, -0.15) is 0 Å². The minimum atomic E-state index is -0.230. The van der Waals surface area contributed by atoms with Crippen molar-refractivity contribution >= 4 is 27.7 Å². The summed E-state index contributed by atoms with van der Waals surface area (Å²) >= 11 is 3.31. The Bertz CT molecular complexity index is 828. The van der Waals surface area contributed by atoms with E-state index in [-0.39, 0.29) is 36.9 Å². The number of hydrogen-bond acceptors (Lipinski definition) is 3. The van der Waals surface area contributed by atoms with Crippen molar-refractivity contribution in [3.8, 4) is 0 Å². The molecule has 2 amide bonds. The van der Waals surface area contributed by atoms with Gasteiger partial charge in [-0.1, -0.05) is 15.9 Å². The van der Waals surface area contributed by atoms with Crippen molar-refractivity contribution in [2.45, 2.75) is 26.8 Å². The quantitative estimate of drug-likeness (QED) is 0.687. The molecule has 1 aromatic carbocycles. The first-order chi connectivity index (χ1) is 11.9. The number of benzene rings is 1. The van der Waals surface area contributed by atoms with Crippen LogP contribution in [-0.2, 0) is 11.3 Å². The molecule has 0 spiro atoms. The molecule has 2 rings (SSSR count). The van der Waals surface area contributed by atoms with Crippen molar-refractivity contribution in [3.05, 3.63) is 67.5 Å². The van der Waals surface area contributed by atoms with Gasteiger partial charge in [0.05, 0.1) is 0 Å². The molecule has 0 unspecified atom stereocenters. The molecule has 1 heterocycles. The number of pyridine rings is 1. The van der Waals surface area contributed by atoms with Crippen LogP contribution in [0.25, 0.3) is 0 Å². The zero-order valence-corrected chi connectivity index (χ0v) is 15.7. The molecule has 1 aromatic heterocycles. The van der Waals surface area contributed by atoms with Gasteiger partial charge in [0.25, 0.3) is 11.5 Å². The zero-order valence-electron chi connectivity index (χ0n) is 14.1. The highest BCUT2D eigenvalue weighted by Crippen LogP contribution is 2.10. The van der Waals surface area contributed by atoms with Crippen LogP contribution in [0, 0.1) is 13.8 Å². The van der Waals surface area contributed by atoms with Crippen molar-refractivity contribution in [1.82, 2.24) is 15.6 Å². The molecule has 0 aliphatic carbocycles. The lowest BCUT2D eigenvalue weighted by Gasteiger charge is -2.09. The van der Waals surface area contributed by atoms with Crippen LogP contribution in [0.3, 0.4) is 0 Å². The number of H-pyrrole nitrogens is 1. The first kappa shape index (κ1) is 18.9. The molecule has 0 saturated carbocycles. The Morgan fingerprint density at radius 1 is 1.12 bits per heavy atom. The number of halogens is 1. The van der Waals surface area contributed by atoms with E-state index in [1.54, 1.807) is 24.3 Å². The average molecular weight is 406 g/mol. The van der Waals surface area contributed by atoms with Crippen LogP contribution in [0.1, 0.15) is 33.6 Å². The standard InChI is InChI=1S/C18H20BrN3O3/c1-11-9-12(2)22-18(25)15(11)10-21-16(23)7-8-20-17(24)13-3-5-14(19)6-4-13/h3-6,9H,7-8,10H2,1-2H3,(H,20,24)(H,21,23)(H,22,25). The normalized spacial score (nSPS) is 10.4. The van der Waals surface area contributed by atoms with Gasteiger partial charge in [0.2, 0.25) is 5.91 Å². The number of aryl methyl sites for hydroxylation is 2. The number of hydrogen-bond donors (Lipinski definition) is 3. The van der Waals surface area contributed by atoms with E-state index < -0.39 is 0 Å². The minimum absolute atomic E-state index is 0.144. The van der Waals surface area contributed by atoms with Crippen LogP contribution in [0.2, 0.25) is 0 Å². The van der Waals surface area contributed by atoms with Crippen molar-refractivity contribution in [3.63, 3.8) is 0 Å². The largest absolute Gasteiger partial charge is 0.352 e. The molecule has 0 aliphatic heterocycles. The van der Waals surface area contributed by atoms with E-state index >= 15 is 0 Å². The Balaban J connectivity index is 1.79. The maximum Gasteiger partial charge on any atom is 0.253 e.